The average molecular weight is 369 g/mol. The number of nitrogens with zero attached hydrogens (tertiary/aromatic N) is 2. The Morgan fingerprint density at radius 2 is 1.93 bits per heavy atom. The highest BCUT2D eigenvalue weighted by atomic mass is 19.1. The minimum Gasteiger partial charge on any atom is -0.352 e. The fourth-order valence-electron chi connectivity index (χ4n) is 3.45. The number of carbonyl (C=O) groups is 1. The molecular weight excluding hydrogens is 341 g/mol. The van der Waals surface area contributed by atoms with Crippen LogP contribution in [0.2, 0.25) is 0 Å². The molecule has 4 nitrogen and oxygen atoms in total. The number of amides is 1. The summed E-state index contributed by atoms with van der Waals surface area (Å²) < 4.78 is 13.0. The maximum atomic E-state index is 13.0. The van der Waals surface area contributed by atoms with E-state index in [1.807, 2.05) is 12.1 Å². The van der Waals surface area contributed by atoms with Gasteiger partial charge in [-0.1, -0.05) is 19.1 Å². The van der Waals surface area contributed by atoms with Crippen LogP contribution in [0.1, 0.15) is 53.7 Å². The van der Waals surface area contributed by atoms with Crippen LogP contribution in [0, 0.1) is 5.82 Å². The summed E-state index contributed by atoms with van der Waals surface area (Å²) in [6.45, 7) is 6.08. The average Bonchev–Trinajstić information content (AvgIpc) is 3.21. The first-order valence-electron chi connectivity index (χ1n) is 9.83. The van der Waals surface area contributed by atoms with Gasteiger partial charge in [0.05, 0.1) is 5.56 Å². The number of halogens is 1. The van der Waals surface area contributed by atoms with Gasteiger partial charge >= 0.3 is 0 Å². The van der Waals surface area contributed by atoms with E-state index in [4.69, 9.17) is 0 Å². The first-order chi connectivity index (χ1) is 13.1. The molecule has 0 aliphatic carbocycles. The van der Waals surface area contributed by atoms with Crippen molar-refractivity contribution in [2.45, 2.75) is 38.5 Å². The van der Waals surface area contributed by atoms with Crippen LogP contribution in [-0.4, -0.2) is 42.0 Å². The molecule has 1 N–H and O–H groups in total. The third-order valence-corrected chi connectivity index (χ3v) is 5.27. The second-order valence-corrected chi connectivity index (χ2v) is 7.33. The highest BCUT2D eigenvalue weighted by Crippen LogP contribution is 2.18. The van der Waals surface area contributed by atoms with Crippen molar-refractivity contribution in [1.29, 1.82) is 0 Å². The van der Waals surface area contributed by atoms with Crippen LogP contribution in [0.15, 0.2) is 42.6 Å². The molecule has 2 heterocycles. The van der Waals surface area contributed by atoms with Gasteiger partial charge in [-0.05, 0) is 68.1 Å². The van der Waals surface area contributed by atoms with Gasteiger partial charge in [-0.3, -0.25) is 9.78 Å². The fourth-order valence-corrected chi connectivity index (χ4v) is 3.45. The minimum atomic E-state index is -0.226. The lowest BCUT2D eigenvalue weighted by Gasteiger charge is -2.14. The Balaban J connectivity index is 1.41. The van der Waals surface area contributed by atoms with E-state index in [9.17, 15) is 9.18 Å². The van der Waals surface area contributed by atoms with E-state index < -0.39 is 0 Å². The molecular formula is C22H28FN3O. The molecule has 1 aromatic carbocycles. The SMILES string of the molecule is CC(CCNC(=O)c1ccc(CCN2CCCC2)nc1)c1ccc(F)cc1. The highest BCUT2D eigenvalue weighted by Gasteiger charge is 2.12. The van der Waals surface area contributed by atoms with Crippen molar-refractivity contribution in [3.63, 3.8) is 0 Å². The molecule has 2 aromatic rings. The number of rotatable bonds is 8. The molecule has 1 aliphatic rings. The lowest BCUT2D eigenvalue weighted by atomic mass is 9.98. The van der Waals surface area contributed by atoms with E-state index >= 15 is 0 Å². The molecule has 1 saturated heterocycles. The molecule has 1 aliphatic heterocycles. The van der Waals surface area contributed by atoms with E-state index in [1.165, 1.54) is 38.1 Å². The number of benzene rings is 1. The summed E-state index contributed by atoms with van der Waals surface area (Å²) >= 11 is 0. The number of likely N-dealkylation sites (tertiary alicyclic amines) is 1. The Morgan fingerprint density at radius 1 is 1.19 bits per heavy atom. The molecule has 1 amide bonds. The molecule has 0 saturated carbocycles. The largest absolute Gasteiger partial charge is 0.352 e. The van der Waals surface area contributed by atoms with E-state index in [2.05, 4.69) is 22.1 Å². The molecule has 1 atom stereocenters. The van der Waals surface area contributed by atoms with Gasteiger partial charge in [0.15, 0.2) is 0 Å². The predicted molar refractivity (Wildman–Crippen MR) is 105 cm³/mol. The molecule has 1 unspecified atom stereocenters. The summed E-state index contributed by atoms with van der Waals surface area (Å²) in [5.41, 5.74) is 2.70. The Hall–Kier alpha value is -2.27. The summed E-state index contributed by atoms with van der Waals surface area (Å²) in [6.07, 6.45) is 5.99. The number of hydrogen-bond acceptors (Lipinski definition) is 3. The van der Waals surface area contributed by atoms with E-state index in [0.717, 1.165) is 30.6 Å². The van der Waals surface area contributed by atoms with Gasteiger partial charge in [-0.25, -0.2) is 4.39 Å². The smallest absolute Gasteiger partial charge is 0.252 e. The number of hydrogen-bond donors (Lipinski definition) is 1. The maximum Gasteiger partial charge on any atom is 0.252 e. The summed E-state index contributed by atoms with van der Waals surface area (Å²) in [5.74, 6) is -0.0625. The number of carbonyl (C=O) groups excluding carboxylic acids is 1. The lowest BCUT2D eigenvalue weighted by molar-refractivity contribution is 0.0952. The normalized spacial score (nSPS) is 15.6. The van der Waals surface area contributed by atoms with Crippen molar-refractivity contribution < 1.29 is 9.18 Å². The van der Waals surface area contributed by atoms with Gasteiger partial charge in [-0.2, -0.15) is 0 Å². The molecule has 5 heteroatoms. The maximum absolute atomic E-state index is 13.0. The molecule has 27 heavy (non-hydrogen) atoms. The lowest BCUT2D eigenvalue weighted by Crippen LogP contribution is -2.25. The van der Waals surface area contributed by atoms with Crippen molar-refractivity contribution in [3.8, 4) is 0 Å². The monoisotopic (exact) mass is 369 g/mol. The van der Waals surface area contributed by atoms with E-state index in [-0.39, 0.29) is 17.6 Å². The zero-order valence-electron chi connectivity index (χ0n) is 16.0. The first kappa shape index (κ1) is 19.5. The number of aromatic nitrogens is 1. The summed E-state index contributed by atoms with van der Waals surface area (Å²) in [7, 11) is 0. The second-order valence-electron chi connectivity index (χ2n) is 7.33. The van der Waals surface area contributed by atoms with E-state index in [0.29, 0.717) is 12.1 Å². The molecule has 1 aromatic heterocycles. The van der Waals surface area contributed by atoms with Gasteiger partial charge in [-0.15, -0.1) is 0 Å². The van der Waals surface area contributed by atoms with Crippen LogP contribution in [0.3, 0.4) is 0 Å². The van der Waals surface area contributed by atoms with Gasteiger partial charge in [0.1, 0.15) is 5.82 Å². The number of pyridine rings is 1. The fraction of sp³-hybridized carbons (Fsp3) is 0.455. The highest BCUT2D eigenvalue weighted by molar-refractivity contribution is 5.93. The van der Waals surface area contributed by atoms with E-state index in [1.54, 1.807) is 18.3 Å². The Bertz CT molecular complexity index is 724. The second kappa shape index (κ2) is 9.60. The first-order valence-corrected chi connectivity index (χ1v) is 9.83. The zero-order valence-corrected chi connectivity index (χ0v) is 16.0. The van der Waals surface area contributed by atoms with Gasteiger partial charge in [0.2, 0.25) is 0 Å². The summed E-state index contributed by atoms with van der Waals surface area (Å²) in [4.78, 5) is 19.2. The third kappa shape index (κ3) is 5.86. The quantitative estimate of drug-likeness (QED) is 0.770. The zero-order chi connectivity index (χ0) is 19.1. The summed E-state index contributed by atoms with van der Waals surface area (Å²) in [5, 5.41) is 2.95. The predicted octanol–water partition coefficient (Wildman–Crippen LogP) is 3.78. The van der Waals surface area contributed by atoms with Crippen molar-refractivity contribution >= 4 is 5.91 Å². The van der Waals surface area contributed by atoms with Crippen LogP contribution in [0.25, 0.3) is 0 Å². The Morgan fingerprint density at radius 3 is 2.59 bits per heavy atom. The standard InChI is InChI=1S/C22H28FN3O/c1-17(18-4-7-20(23)8-5-18)10-12-24-22(27)19-6-9-21(25-16-19)11-15-26-13-2-3-14-26/h4-9,16-17H,2-3,10-15H2,1H3,(H,24,27). The van der Waals surface area contributed by atoms with Crippen molar-refractivity contribution in [1.82, 2.24) is 15.2 Å². The van der Waals surface area contributed by atoms with Crippen LogP contribution >= 0.6 is 0 Å². The summed E-state index contributed by atoms with van der Waals surface area (Å²) in [6, 6.07) is 10.3. The third-order valence-electron chi connectivity index (χ3n) is 5.27. The number of nitrogens with one attached hydrogen (secondary N) is 1. The van der Waals surface area contributed by atoms with Crippen molar-refractivity contribution in [2.24, 2.45) is 0 Å². The molecule has 3 rings (SSSR count). The van der Waals surface area contributed by atoms with Crippen LogP contribution < -0.4 is 5.32 Å². The van der Waals surface area contributed by atoms with Crippen LogP contribution in [-0.2, 0) is 6.42 Å². The van der Waals surface area contributed by atoms with Crippen LogP contribution in [0.4, 0.5) is 4.39 Å². The van der Waals surface area contributed by atoms with Gasteiger partial charge in [0, 0.05) is 31.4 Å². The van der Waals surface area contributed by atoms with Crippen molar-refractivity contribution in [2.75, 3.05) is 26.2 Å². The molecule has 0 spiro atoms. The minimum absolute atomic E-state index is 0.0973. The topological polar surface area (TPSA) is 45.2 Å². The molecule has 144 valence electrons. The molecule has 0 bridgehead atoms. The van der Waals surface area contributed by atoms with Gasteiger partial charge < -0.3 is 10.2 Å². The van der Waals surface area contributed by atoms with Crippen LogP contribution in [0.5, 0.6) is 0 Å². The molecule has 0 radical (unpaired) electrons. The van der Waals surface area contributed by atoms with Gasteiger partial charge in [0.25, 0.3) is 5.91 Å². The Kier molecular flexibility index (Phi) is 6.93. The van der Waals surface area contributed by atoms with Crippen molar-refractivity contribution in [3.05, 3.63) is 65.2 Å². The molecule has 1 fully saturated rings. The Labute approximate surface area is 160 Å².